The van der Waals surface area contributed by atoms with Gasteiger partial charge in [0.2, 0.25) is 0 Å². The highest BCUT2D eigenvalue weighted by Gasteiger charge is 2.15. The van der Waals surface area contributed by atoms with E-state index in [-0.39, 0.29) is 6.04 Å². The third kappa shape index (κ3) is 3.59. The fourth-order valence-corrected chi connectivity index (χ4v) is 3.03. The number of hydrogen-bond acceptors (Lipinski definition) is 4. The highest BCUT2D eigenvalue weighted by atomic mass is 35.5. The molecule has 24 heavy (non-hydrogen) atoms. The van der Waals surface area contributed by atoms with E-state index in [0.29, 0.717) is 21.6 Å². The predicted octanol–water partition coefficient (Wildman–Crippen LogP) is 4.89. The van der Waals surface area contributed by atoms with Crippen LogP contribution in [0.15, 0.2) is 35.1 Å². The van der Waals surface area contributed by atoms with Crippen molar-refractivity contribution in [2.45, 2.75) is 19.5 Å². The maximum Gasteiger partial charge on any atom is 0.151 e. The molecule has 0 unspecified atom stereocenters. The first-order valence-corrected chi connectivity index (χ1v) is 8.40. The van der Waals surface area contributed by atoms with Crippen LogP contribution in [0.25, 0.3) is 11.3 Å². The number of benzene rings is 1. The fourth-order valence-electron chi connectivity index (χ4n) is 2.32. The van der Waals surface area contributed by atoms with Crippen LogP contribution in [0, 0.1) is 0 Å². The van der Waals surface area contributed by atoms with Gasteiger partial charge in [-0.25, -0.2) is 0 Å². The molecule has 3 aromatic rings. The quantitative estimate of drug-likeness (QED) is 0.636. The Kier molecular flexibility index (Phi) is 5.15. The maximum atomic E-state index is 6.26. The van der Waals surface area contributed by atoms with Gasteiger partial charge >= 0.3 is 0 Å². The Morgan fingerprint density at radius 1 is 1.25 bits per heavy atom. The normalized spacial score (nSPS) is 12.5. The van der Waals surface area contributed by atoms with E-state index in [0.717, 1.165) is 22.6 Å². The molecule has 126 valence electrons. The molecular weight excluding hydrogens is 371 g/mol. The summed E-state index contributed by atoms with van der Waals surface area (Å²) in [7, 11) is 1.86. The molecule has 1 N–H and O–H groups in total. The molecule has 0 aliphatic rings. The zero-order valence-electron chi connectivity index (χ0n) is 13.1. The van der Waals surface area contributed by atoms with Crippen LogP contribution in [0.3, 0.4) is 0 Å². The number of aryl methyl sites for hydroxylation is 1. The molecular formula is C16H15Cl3N4O. The van der Waals surface area contributed by atoms with E-state index >= 15 is 0 Å². The lowest BCUT2D eigenvalue weighted by atomic mass is 10.1. The van der Waals surface area contributed by atoms with Crippen molar-refractivity contribution in [3.63, 3.8) is 0 Å². The Bertz CT molecular complexity index is 859. The van der Waals surface area contributed by atoms with Crippen molar-refractivity contribution in [3.05, 3.63) is 57.0 Å². The largest absolute Gasteiger partial charge is 0.359 e. The molecule has 8 heteroatoms. The summed E-state index contributed by atoms with van der Waals surface area (Å²) in [6.07, 6.45) is 3.63. The standard InChI is InChI=1S/C16H15Cl3N4O/c1-9(12-3-4-13(17)16(19)15(12)18)20-7-11-5-14(22-24-11)10-6-21-23(2)8-10/h3-6,8-9,20H,7H2,1-2H3/t9-/m0/s1. The van der Waals surface area contributed by atoms with Crippen LogP contribution in [0.4, 0.5) is 0 Å². The van der Waals surface area contributed by atoms with Crippen molar-refractivity contribution in [3.8, 4) is 11.3 Å². The molecule has 0 radical (unpaired) electrons. The first kappa shape index (κ1) is 17.3. The van der Waals surface area contributed by atoms with E-state index in [2.05, 4.69) is 15.6 Å². The van der Waals surface area contributed by atoms with Crippen LogP contribution in [-0.2, 0) is 13.6 Å². The maximum absolute atomic E-state index is 6.26. The smallest absolute Gasteiger partial charge is 0.151 e. The fraction of sp³-hybridized carbons (Fsp3) is 0.250. The van der Waals surface area contributed by atoms with Crippen LogP contribution in [0.2, 0.25) is 15.1 Å². The molecule has 0 saturated carbocycles. The lowest BCUT2D eigenvalue weighted by Crippen LogP contribution is -2.18. The SMILES string of the molecule is C[C@H](NCc1cc(-c2cnn(C)c2)no1)c1ccc(Cl)c(Cl)c1Cl. The first-order valence-electron chi connectivity index (χ1n) is 7.27. The molecule has 5 nitrogen and oxygen atoms in total. The monoisotopic (exact) mass is 384 g/mol. The summed E-state index contributed by atoms with van der Waals surface area (Å²) in [5.74, 6) is 0.719. The molecule has 0 amide bonds. The van der Waals surface area contributed by atoms with E-state index in [1.165, 1.54) is 0 Å². The van der Waals surface area contributed by atoms with Crippen molar-refractivity contribution in [1.82, 2.24) is 20.3 Å². The minimum absolute atomic E-state index is 0.0285. The van der Waals surface area contributed by atoms with Crippen LogP contribution in [0.1, 0.15) is 24.3 Å². The number of aromatic nitrogens is 3. The van der Waals surface area contributed by atoms with Gasteiger partial charge in [-0.05, 0) is 18.6 Å². The summed E-state index contributed by atoms with van der Waals surface area (Å²) in [6.45, 7) is 2.49. The zero-order valence-corrected chi connectivity index (χ0v) is 15.3. The van der Waals surface area contributed by atoms with Crippen LogP contribution < -0.4 is 5.32 Å². The topological polar surface area (TPSA) is 55.9 Å². The minimum atomic E-state index is -0.0285. The number of rotatable bonds is 5. The second kappa shape index (κ2) is 7.15. The lowest BCUT2D eigenvalue weighted by Gasteiger charge is -2.16. The Morgan fingerprint density at radius 3 is 2.75 bits per heavy atom. The van der Waals surface area contributed by atoms with E-state index in [1.54, 1.807) is 16.9 Å². The van der Waals surface area contributed by atoms with Crippen molar-refractivity contribution >= 4 is 34.8 Å². The van der Waals surface area contributed by atoms with Gasteiger partial charge in [0.05, 0.1) is 27.8 Å². The Morgan fingerprint density at radius 2 is 2.04 bits per heavy atom. The molecule has 0 saturated heterocycles. The number of hydrogen-bond donors (Lipinski definition) is 1. The third-order valence-electron chi connectivity index (χ3n) is 3.67. The molecule has 3 rings (SSSR count). The Labute approximate surface area is 154 Å². The molecule has 0 aliphatic carbocycles. The second-order valence-electron chi connectivity index (χ2n) is 5.45. The first-order chi connectivity index (χ1) is 11.5. The molecule has 1 aromatic carbocycles. The summed E-state index contributed by atoms with van der Waals surface area (Å²) in [5.41, 5.74) is 2.53. The summed E-state index contributed by atoms with van der Waals surface area (Å²) < 4.78 is 7.08. The van der Waals surface area contributed by atoms with E-state index < -0.39 is 0 Å². The third-order valence-corrected chi connectivity index (χ3v) is 4.98. The van der Waals surface area contributed by atoms with Crippen molar-refractivity contribution in [2.75, 3.05) is 0 Å². The molecule has 0 bridgehead atoms. The van der Waals surface area contributed by atoms with E-state index in [9.17, 15) is 0 Å². The molecule has 1 atom stereocenters. The number of halogens is 3. The summed E-state index contributed by atoms with van der Waals surface area (Å²) in [6, 6.07) is 5.44. The van der Waals surface area contributed by atoms with Gasteiger partial charge in [0.1, 0.15) is 5.69 Å². The van der Waals surface area contributed by atoms with Crippen molar-refractivity contribution in [1.29, 1.82) is 0 Å². The van der Waals surface area contributed by atoms with Crippen molar-refractivity contribution < 1.29 is 4.52 Å². The van der Waals surface area contributed by atoms with Gasteiger partial charge in [0.25, 0.3) is 0 Å². The van der Waals surface area contributed by atoms with E-state index in [4.69, 9.17) is 39.3 Å². The molecule has 2 heterocycles. The molecule has 0 aliphatic heterocycles. The predicted molar refractivity (Wildman–Crippen MR) is 95.4 cm³/mol. The van der Waals surface area contributed by atoms with Gasteiger partial charge in [-0.3, -0.25) is 4.68 Å². The highest BCUT2D eigenvalue weighted by Crippen LogP contribution is 2.35. The van der Waals surface area contributed by atoms with Gasteiger partial charge in [-0.2, -0.15) is 5.10 Å². The van der Waals surface area contributed by atoms with Gasteiger partial charge in [0.15, 0.2) is 5.76 Å². The number of nitrogens with zero attached hydrogens (tertiary/aromatic N) is 3. The average molecular weight is 386 g/mol. The highest BCUT2D eigenvalue weighted by molar-refractivity contribution is 6.48. The van der Waals surface area contributed by atoms with Crippen LogP contribution in [-0.4, -0.2) is 14.9 Å². The van der Waals surface area contributed by atoms with Crippen LogP contribution >= 0.6 is 34.8 Å². The summed E-state index contributed by atoms with van der Waals surface area (Å²) in [4.78, 5) is 0. The van der Waals surface area contributed by atoms with Gasteiger partial charge < -0.3 is 9.84 Å². The molecule has 0 fully saturated rings. The summed E-state index contributed by atoms with van der Waals surface area (Å²) >= 11 is 18.3. The van der Waals surface area contributed by atoms with Gasteiger partial charge in [-0.15, -0.1) is 0 Å². The average Bonchev–Trinajstić information content (AvgIpc) is 3.19. The lowest BCUT2D eigenvalue weighted by molar-refractivity contribution is 0.368. The van der Waals surface area contributed by atoms with E-state index in [1.807, 2.05) is 32.3 Å². The minimum Gasteiger partial charge on any atom is -0.359 e. The molecule has 0 spiro atoms. The Balaban J connectivity index is 1.68. The van der Waals surface area contributed by atoms with Gasteiger partial charge in [-0.1, -0.05) is 46.0 Å². The molecule has 2 aromatic heterocycles. The zero-order chi connectivity index (χ0) is 17.3. The second-order valence-corrected chi connectivity index (χ2v) is 6.61. The summed E-state index contributed by atoms with van der Waals surface area (Å²) in [5, 5.41) is 12.8. The van der Waals surface area contributed by atoms with Crippen LogP contribution in [0.5, 0.6) is 0 Å². The van der Waals surface area contributed by atoms with Crippen molar-refractivity contribution in [2.24, 2.45) is 7.05 Å². The number of nitrogens with one attached hydrogen (secondary N) is 1. The Hall–Kier alpha value is -1.53. The van der Waals surface area contributed by atoms with Gasteiger partial charge in [0, 0.05) is 30.9 Å².